The van der Waals surface area contributed by atoms with Crippen molar-refractivity contribution in [2.75, 3.05) is 39.4 Å². The summed E-state index contributed by atoms with van der Waals surface area (Å²) in [7, 11) is 0. The number of morpholine rings is 1. The van der Waals surface area contributed by atoms with E-state index in [1.165, 1.54) is 6.92 Å². The summed E-state index contributed by atoms with van der Waals surface area (Å²) in [6, 6.07) is 0. The first kappa shape index (κ1) is 20.8. The fraction of sp³-hybridized carbons (Fsp3) is 0.524. The summed E-state index contributed by atoms with van der Waals surface area (Å²) in [6.07, 6.45) is -0.268. The molecular weight excluding hydrogens is 392 g/mol. The molecule has 1 fully saturated rings. The maximum absolute atomic E-state index is 13.0. The Morgan fingerprint density at radius 1 is 1.20 bits per heavy atom. The number of phenolic OH excluding ortho intramolecular Hbond substituents is 2. The van der Waals surface area contributed by atoms with Crippen molar-refractivity contribution in [3.8, 4) is 11.5 Å². The van der Waals surface area contributed by atoms with Crippen molar-refractivity contribution >= 4 is 11.6 Å². The molecule has 162 valence electrons. The number of carbonyl (C=O) groups is 2. The summed E-state index contributed by atoms with van der Waals surface area (Å²) in [5.74, 6) is -2.22. The second kappa shape index (κ2) is 7.66. The molecule has 5 N–H and O–H groups in total. The van der Waals surface area contributed by atoms with Gasteiger partial charge in [0.1, 0.15) is 11.5 Å². The van der Waals surface area contributed by atoms with Crippen LogP contribution in [0.2, 0.25) is 0 Å². The first-order valence-electron chi connectivity index (χ1n) is 10.1. The maximum Gasteiger partial charge on any atom is 0.213 e. The third-order valence-corrected chi connectivity index (χ3v) is 5.95. The van der Waals surface area contributed by atoms with Crippen molar-refractivity contribution in [3.05, 3.63) is 34.0 Å². The lowest BCUT2D eigenvalue weighted by atomic mass is 9.75. The van der Waals surface area contributed by atoms with Gasteiger partial charge in [0.25, 0.3) is 0 Å². The Hall–Kier alpha value is -2.46. The highest BCUT2D eigenvalue weighted by Gasteiger charge is 2.42. The number of phenols is 2. The summed E-state index contributed by atoms with van der Waals surface area (Å²) in [6.45, 7) is 5.47. The van der Waals surface area contributed by atoms with E-state index < -0.39 is 34.8 Å². The Kier molecular flexibility index (Phi) is 5.31. The third kappa shape index (κ3) is 3.58. The van der Waals surface area contributed by atoms with Gasteiger partial charge in [0.05, 0.1) is 41.7 Å². The fourth-order valence-corrected chi connectivity index (χ4v) is 4.47. The molecular formula is C21H26N2O7. The number of rotatable bonds is 4. The fourth-order valence-electron chi connectivity index (χ4n) is 4.47. The number of hydrogen-bond donors (Lipinski definition) is 5. The van der Waals surface area contributed by atoms with Gasteiger partial charge in [-0.2, -0.15) is 0 Å². The Morgan fingerprint density at radius 3 is 2.60 bits per heavy atom. The van der Waals surface area contributed by atoms with E-state index in [2.05, 4.69) is 10.2 Å². The van der Waals surface area contributed by atoms with Crippen LogP contribution in [0.25, 0.3) is 0 Å². The molecule has 1 aromatic rings. The lowest BCUT2D eigenvalue weighted by Gasteiger charge is -2.35. The molecule has 4 rings (SSSR count). The van der Waals surface area contributed by atoms with E-state index in [1.54, 1.807) is 0 Å². The van der Waals surface area contributed by atoms with Crippen LogP contribution in [0.15, 0.2) is 11.8 Å². The number of nitrogens with zero attached hydrogens (tertiary/aromatic N) is 1. The van der Waals surface area contributed by atoms with E-state index in [0.29, 0.717) is 26.3 Å². The van der Waals surface area contributed by atoms with Crippen molar-refractivity contribution in [1.29, 1.82) is 0 Å². The van der Waals surface area contributed by atoms with Crippen molar-refractivity contribution in [1.82, 2.24) is 10.2 Å². The number of nitrogens with one attached hydrogen (secondary N) is 1. The topological polar surface area (TPSA) is 140 Å². The number of hydrogen-bond acceptors (Lipinski definition) is 9. The van der Waals surface area contributed by atoms with Gasteiger partial charge in [0.2, 0.25) is 5.78 Å². The lowest BCUT2D eigenvalue weighted by Crippen LogP contribution is -2.41. The van der Waals surface area contributed by atoms with E-state index >= 15 is 0 Å². The zero-order valence-electron chi connectivity index (χ0n) is 16.8. The highest BCUT2D eigenvalue weighted by molar-refractivity contribution is 6.26. The lowest BCUT2D eigenvalue weighted by molar-refractivity contribution is -0.00904. The monoisotopic (exact) mass is 418 g/mol. The van der Waals surface area contributed by atoms with Crippen molar-refractivity contribution in [3.63, 3.8) is 0 Å². The summed E-state index contributed by atoms with van der Waals surface area (Å²) in [5.41, 5.74) is -1.80. The minimum absolute atomic E-state index is 0.00366. The SMILES string of the molecule is C[C@]1(O)Cc2c(O)c3c(c(O)c2[C@@H](O)C1)C(=O)C=C(NCCN1CCOCC1)C3=O. The number of ketones is 2. The summed E-state index contributed by atoms with van der Waals surface area (Å²) in [5, 5.41) is 45.2. The van der Waals surface area contributed by atoms with Gasteiger partial charge >= 0.3 is 0 Å². The van der Waals surface area contributed by atoms with Gasteiger partial charge in [0, 0.05) is 56.2 Å². The van der Waals surface area contributed by atoms with Gasteiger partial charge < -0.3 is 30.5 Å². The van der Waals surface area contributed by atoms with Crippen molar-refractivity contribution in [2.24, 2.45) is 0 Å². The summed E-state index contributed by atoms with van der Waals surface area (Å²) >= 11 is 0. The van der Waals surface area contributed by atoms with Gasteiger partial charge in [-0.15, -0.1) is 0 Å². The third-order valence-electron chi connectivity index (χ3n) is 5.95. The van der Waals surface area contributed by atoms with Crippen LogP contribution in [0.1, 0.15) is 51.3 Å². The largest absolute Gasteiger partial charge is 0.507 e. The Balaban J connectivity index is 1.63. The van der Waals surface area contributed by atoms with Gasteiger partial charge in [-0.05, 0) is 6.92 Å². The normalized spacial score (nSPS) is 26.8. The summed E-state index contributed by atoms with van der Waals surface area (Å²) < 4.78 is 5.30. The number of benzene rings is 1. The molecule has 0 amide bonds. The first-order chi connectivity index (χ1) is 14.2. The molecule has 0 radical (unpaired) electrons. The van der Waals surface area contributed by atoms with Crippen molar-refractivity contribution < 1.29 is 34.8 Å². The van der Waals surface area contributed by atoms with Gasteiger partial charge in [-0.25, -0.2) is 0 Å². The molecule has 0 spiro atoms. The average Bonchev–Trinajstić information content (AvgIpc) is 2.68. The number of ether oxygens (including phenoxy) is 1. The molecule has 1 aliphatic heterocycles. The van der Waals surface area contributed by atoms with E-state index in [1.807, 2.05) is 0 Å². The standard InChI is InChI=1S/C21H26N2O7/c1-21(29)9-11-15(14(25)10-21)20(28)16-13(24)8-12(19(27)17(16)18(11)26)22-2-3-23-4-6-30-7-5-23/h8,14,22,25-26,28-29H,2-7,9-10H2,1H3/t14-,21-/m0/s1. The maximum atomic E-state index is 13.0. The Morgan fingerprint density at radius 2 is 1.90 bits per heavy atom. The number of allylic oxidation sites excluding steroid dienone is 2. The second-order valence-electron chi connectivity index (χ2n) is 8.37. The molecule has 0 saturated carbocycles. The van der Waals surface area contributed by atoms with Crippen LogP contribution < -0.4 is 5.32 Å². The highest BCUT2D eigenvalue weighted by atomic mass is 16.5. The predicted molar refractivity (Wildman–Crippen MR) is 106 cm³/mol. The molecule has 1 aromatic carbocycles. The highest BCUT2D eigenvalue weighted by Crippen LogP contribution is 2.49. The van der Waals surface area contributed by atoms with Gasteiger partial charge in [-0.1, -0.05) is 0 Å². The Labute approximate surface area is 173 Å². The van der Waals surface area contributed by atoms with Gasteiger partial charge in [-0.3, -0.25) is 14.5 Å². The van der Waals surface area contributed by atoms with Crippen LogP contribution >= 0.6 is 0 Å². The predicted octanol–water partition coefficient (Wildman–Crippen LogP) is 0.0131. The first-order valence-corrected chi connectivity index (χ1v) is 10.1. The number of aliphatic hydroxyl groups excluding tert-OH is 1. The van der Waals surface area contributed by atoms with Crippen LogP contribution in [0.5, 0.6) is 11.5 Å². The number of Topliss-reactive ketones (excluding diaryl/α,β-unsaturated/α-hetero) is 1. The molecule has 1 saturated heterocycles. The minimum Gasteiger partial charge on any atom is -0.507 e. The Bertz CT molecular complexity index is 932. The minimum atomic E-state index is -1.32. The molecule has 0 unspecified atom stereocenters. The zero-order chi connectivity index (χ0) is 21.6. The number of aromatic hydroxyl groups is 2. The number of aliphatic hydroxyl groups is 2. The quantitative estimate of drug-likeness (QED) is 0.428. The van der Waals surface area contributed by atoms with E-state index in [9.17, 15) is 30.0 Å². The van der Waals surface area contributed by atoms with Crippen LogP contribution in [0.3, 0.4) is 0 Å². The molecule has 2 atom stereocenters. The molecule has 0 bridgehead atoms. The molecule has 9 heteroatoms. The zero-order valence-corrected chi connectivity index (χ0v) is 16.8. The number of carbonyl (C=O) groups excluding carboxylic acids is 2. The second-order valence-corrected chi connectivity index (χ2v) is 8.37. The average molecular weight is 418 g/mol. The summed E-state index contributed by atoms with van der Waals surface area (Å²) in [4.78, 5) is 27.9. The smallest absolute Gasteiger partial charge is 0.213 e. The van der Waals surface area contributed by atoms with Crippen LogP contribution in [0, 0.1) is 0 Å². The van der Waals surface area contributed by atoms with Crippen LogP contribution in [-0.4, -0.2) is 81.9 Å². The van der Waals surface area contributed by atoms with E-state index in [0.717, 1.165) is 19.2 Å². The number of fused-ring (bicyclic) bond motifs is 2. The molecule has 2 aliphatic carbocycles. The van der Waals surface area contributed by atoms with E-state index in [-0.39, 0.29) is 40.8 Å². The molecule has 3 aliphatic rings. The molecule has 9 nitrogen and oxygen atoms in total. The van der Waals surface area contributed by atoms with E-state index in [4.69, 9.17) is 4.74 Å². The molecule has 1 heterocycles. The van der Waals surface area contributed by atoms with Gasteiger partial charge in [0.15, 0.2) is 5.78 Å². The van der Waals surface area contributed by atoms with Crippen LogP contribution in [0.4, 0.5) is 0 Å². The molecule has 0 aromatic heterocycles. The molecule has 30 heavy (non-hydrogen) atoms. The van der Waals surface area contributed by atoms with Crippen LogP contribution in [-0.2, 0) is 11.2 Å². The van der Waals surface area contributed by atoms with Crippen molar-refractivity contribution in [2.45, 2.75) is 31.5 Å².